The number of rotatable bonds is 6. The summed E-state index contributed by atoms with van der Waals surface area (Å²) in [5, 5.41) is 17.2. The third-order valence-corrected chi connectivity index (χ3v) is 3.68. The molecule has 0 radical (unpaired) electrons. The van der Waals surface area contributed by atoms with Gasteiger partial charge in [-0.2, -0.15) is 10.1 Å². The molecule has 0 fully saturated rings. The fourth-order valence-corrected chi connectivity index (χ4v) is 2.43. The van der Waals surface area contributed by atoms with Crippen molar-refractivity contribution in [3.63, 3.8) is 0 Å². The molecule has 1 amide bonds. The largest absolute Gasteiger partial charge is 0.346 e. The zero-order chi connectivity index (χ0) is 18.4. The van der Waals surface area contributed by atoms with Gasteiger partial charge < -0.3 is 16.0 Å². The van der Waals surface area contributed by atoms with Crippen molar-refractivity contribution in [2.24, 2.45) is 0 Å². The van der Waals surface area contributed by atoms with Gasteiger partial charge in [-0.05, 0) is 36.8 Å². The number of hydrogen-bond acceptors (Lipinski definition) is 6. The van der Waals surface area contributed by atoms with Crippen LogP contribution in [-0.4, -0.2) is 21.1 Å². The molecule has 1 aromatic heterocycles. The lowest BCUT2D eigenvalue weighted by atomic mass is 10.1. The van der Waals surface area contributed by atoms with Gasteiger partial charge in [0, 0.05) is 18.3 Å². The van der Waals surface area contributed by atoms with Crippen molar-refractivity contribution in [3.05, 3.63) is 66.4 Å². The van der Waals surface area contributed by atoms with E-state index in [1.54, 1.807) is 6.20 Å². The first-order valence-electron chi connectivity index (χ1n) is 8.26. The van der Waals surface area contributed by atoms with Crippen molar-refractivity contribution >= 4 is 29.0 Å². The van der Waals surface area contributed by atoms with Crippen LogP contribution in [0.1, 0.15) is 25.5 Å². The molecule has 1 unspecified atom stereocenters. The lowest BCUT2D eigenvalue weighted by Crippen LogP contribution is -2.10. The molecule has 0 saturated heterocycles. The molecule has 7 heteroatoms. The van der Waals surface area contributed by atoms with Crippen molar-refractivity contribution in [3.8, 4) is 0 Å². The van der Waals surface area contributed by atoms with E-state index in [1.807, 2.05) is 61.5 Å². The Bertz CT molecular complexity index is 867. The van der Waals surface area contributed by atoms with Crippen LogP contribution in [-0.2, 0) is 4.79 Å². The van der Waals surface area contributed by atoms with Crippen LogP contribution in [0.15, 0.2) is 60.8 Å². The number of benzene rings is 2. The third kappa shape index (κ3) is 4.76. The topological polar surface area (TPSA) is 91.8 Å². The SMILES string of the molecule is CC(=O)Nc1ccc(Nc2cnnc(NC(C)c3ccccc3)n2)cc1. The van der Waals surface area contributed by atoms with Crippen LogP contribution in [0.3, 0.4) is 0 Å². The lowest BCUT2D eigenvalue weighted by molar-refractivity contribution is -0.114. The summed E-state index contributed by atoms with van der Waals surface area (Å²) in [6.07, 6.45) is 1.56. The predicted octanol–water partition coefficient (Wildman–Crippen LogP) is 3.75. The van der Waals surface area contributed by atoms with Crippen molar-refractivity contribution in [2.45, 2.75) is 19.9 Å². The molecular formula is C19H20N6O. The second-order valence-corrected chi connectivity index (χ2v) is 5.83. The smallest absolute Gasteiger partial charge is 0.245 e. The Hall–Kier alpha value is -3.48. The van der Waals surface area contributed by atoms with Gasteiger partial charge >= 0.3 is 0 Å². The number of nitrogens with one attached hydrogen (secondary N) is 3. The number of aromatic nitrogens is 3. The van der Waals surface area contributed by atoms with Crippen molar-refractivity contribution in [1.29, 1.82) is 0 Å². The Morgan fingerprint density at radius 1 is 1.00 bits per heavy atom. The number of nitrogens with zero attached hydrogens (tertiary/aromatic N) is 3. The first-order chi connectivity index (χ1) is 12.6. The van der Waals surface area contributed by atoms with Gasteiger partial charge in [0.25, 0.3) is 0 Å². The summed E-state index contributed by atoms with van der Waals surface area (Å²) in [7, 11) is 0. The normalized spacial score (nSPS) is 11.5. The standard InChI is InChI=1S/C19H20N6O/c1-13(15-6-4-3-5-7-15)21-19-24-18(12-20-25-19)23-17-10-8-16(9-11-17)22-14(2)26/h3-13H,1-2H3,(H,22,26)(H2,21,23,24,25). The van der Waals surface area contributed by atoms with Crippen molar-refractivity contribution in [2.75, 3.05) is 16.0 Å². The van der Waals surface area contributed by atoms with Crippen LogP contribution in [0.2, 0.25) is 0 Å². The molecule has 0 bridgehead atoms. The predicted molar refractivity (Wildman–Crippen MR) is 102 cm³/mol. The van der Waals surface area contributed by atoms with Crippen LogP contribution in [0.25, 0.3) is 0 Å². The molecule has 132 valence electrons. The van der Waals surface area contributed by atoms with Crippen LogP contribution in [0, 0.1) is 0 Å². The van der Waals surface area contributed by atoms with Crippen LogP contribution in [0.5, 0.6) is 0 Å². The van der Waals surface area contributed by atoms with Crippen LogP contribution < -0.4 is 16.0 Å². The van der Waals surface area contributed by atoms with Gasteiger partial charge in [-0.1, -0.05) is 30.3 Å². The average Bonchev–Trinajstić information content (AvgIpc) is 2.64. The van der Waals surface area contributed by atoms with Gasteiger partial charge in [0.15, 0.2) is 5.82 Å². The molecule has 26 heavy (non-hydrogen) atoms. The van der Waals surface area contributed by atoms with E-state index in [4.69, 9.17) is 0 Å². The molecule has 3 rings (SSSR count). The van der Waals surface area contributed by atoms with Gasteiger partial charge in [-0.25, -0.2) is 0 Å². The van der Waals surface area contributed by atoms with E-state index in [0.717, 1.165) is 16.9 Å². The van der Waals surface area contributed by atoms with Crippen molar-refractivity contribution in [1.82, 2.24) is 15.2 Å². The lowest BCUT2D eigenvalue weighted by Gasteiger charge is -2.14. The first kappa shape index (κ1) is 17.3. The molecule has 1 atom stereocenters. The molecule has 0 spiro atoms. The highest BCUT2D eigenvalue weighted by molar-refractivity contribution is 5.88. The van der Waals surface area contributed by atoms with E-state index >= 15 is 0 Å². The quantitative estimate of drug-likeness (QED) is 0.628. The van der Waals surface area contributed by atoms with E-state index in [9.17, 15) is 4.79 Å². The summed E-state index contributed by atoms with van der Waals surface area (Å²) in [5.74, 6) is 0.922. The Balaban J connectivity index is 1.66. The summed E-state index contributed by atoms with van der Waals surface area (Å²) >= 11 is 0. The summed E-state index contributed by atoms with van der Waals surface area (Å²) in [4.78, 5) is 15.5. The third-order valence-electron chi connectivity index (χ3n) is 3.68. The van der Waals surface area contributed by atoms with Gasteiger partial charge in [-0.15, -0.1) is 5.10 Å². The van der Waals surface area contributed by atoms with E-state index in [1.165, 1.54) is 6.92 Å². The molecule has 0 aliphatic heterocycles. The molecule has 0 aliphatic rings. The maximum absolute atomic E-state index is 11.1. The highest BCUT2D eigenvalue weighted by atomic mass is 16.1. The number of carbonyl (C=O) groups excluding carboxylic acids is 1. The van der Waals surface area contributed by atoms with E-state index < -0.39 is 0 Å². The number of amides is 1. The van der Waals surface area contributed by atoms with E-state index in [2.05, 4.69) is 31.1 Å². The number of anilines is 4. The second kappa shape index (κ2) is 8.06. The number of carbonyl (C=O) groups is 1. The summed E-state index contributed by atoms with van der Waals surface area (Å²) in [5.41, 5.74) is 2.72. The maximum atomic E-state index is 11.1. The molecule has 3 N–H and O–H groups in total. The van der Waals surface area contributed by atoms with Crippen LogP contribution in [0.4, 0.5) is 23.1 Å². The molecule has 1 heterocycles. The molecular weight excluding hydrogens is 328 g/mol. The zero-order valence-electron chi connectivity index (χ0n) is 14.6. The summed E-state index contributed by atoms with van der Waals surface area (Å²) < 4.78 is 0. The van der Waals surface area contributed by atoms with Gasteiger partial charge in [0.1, 0.15) is 0 Å². The Labute approximate surface area is 151 Å². The average molecular weight is 348 g/mol. The molecule has 3 aromatic rings. The number of hydrogen-bond donors (Lipinski definition) is 3. The Morgan fingerprint density at radius 3 is 2.38 bits per heavy atom. The molecule has 0 aliphatic carbocycles. The fourth-order valence-electron chi connectivity index (χ4n) is 2.43. The van der Waals surface area contributed by atoms with Crippen molar-refractivity contribution < 1.29 is 4.79 Å². The zero-order valence-corrected chi connectivity index (χ0v) is 14.6. The fraction of sp³-hybridized carbons (Fsp3) is 0.158. The molecule has 2 aromatic carbocycles. The first-order valence-corrected chi connectivity index (χ1v) is 8.26. The van der Waals surface area contributed by atoms with E-state index in [-0.39, 0.29) is 11.9 Å². The van der Waals surface area contributed by atoms with Gasteiger partial charge in [0.05, 0.1) is 12.2 Å². The maximum Gasteiger partial charge on any atom is 0.245 e. The van der Waals surface area contributed by atoms with Gasteiger partial charge in [-0.3, -0.25) is 4.79 Å². The van der Waals surface area contributed by atoms with Crippen LogP contribution >= 0.6 is 0 Å². The second-order valence-electron chi connectivity index (χ2n) is 5.83. The highest BCUT2D eigenvalue weighted by Gasteiger charge is 2.08. The minimum atomic E-state index is -0.103. The summed E-state index contributed by atoms with van der Waals surface area (Å²) in [6, 6.07) is 17.5. The Kier molecular flexibility index (Phi) is 5.38. The molecule has 7 nitrogen and oxygen atoms in total. The Morgan fingerprint density at radius 2 is 1.69 bits per heavy atom. The van der Waals surface area contributed by atoms with E-state index in [0.29, 0.717) is 11.8 Å². The molecule has 0 saturated carbocycles. The monoisotopic (exact) mass is 348 g/mol. The summed E-state index contributed by atoms with van der Waals surface area (Å²) in [6.45, 7) is 3.52. The minimum absolute atomic E-state index is 0.0604. The minimum Gasteiger partial charge on any atom is -0.346 e. The highest BCUT2D eigenvalue weighted by Crippen LogP contribution is 2.19. The van der Waals surface area contributed by atoms with Gasteiger partial charge in [0.2, 0.25) is 11.9 Å².